The maximum atomic E-state index is 12.2. The fourth-order valence-corrected chi connectivity index (χ4v) is 2.56. The Kier molecular flexibility index (Phi) is 5.04. The van der Waals surface area contributed by atoms with Gasteiger partial charge in [-0.3, -0.25) is 9.78 Å². The van der Waals surface area contributed by atoms with Crippen molar-refractivity contribution in [1.82, 2.24) is 15.3 Å². The van der Waals surface area contributed by atoms with Crippen LogP contribution in [-0.4, -0.2) is 36.1 Å². The van der Waals surface area contributed by atoms with Crippen LogP contribution >= 0.6 is 11.6 Å². The highest BCUT2D eigenvalue weighted by Crippen LogP contribution is 2.28. The van der Waals surface area contributed by atoms with E-state index in [9.17, 15) is 9.59 Å². The van der Waals surface area contributed by atoms with Crippen molar-refractivity contribution < 1.29 is 23.5 Å². The predicted octanol–water partition coefficient (Wildman–Crippen LogP) is 2.60. The van der Waals surface area contributed by atoms with E-state index in [2.05, 4.69) is 15.3 Å². The topological polar surface area (TPSA) is 104 Å². The van der Waals surface area contributed by atoms with Crippen molar-refractivity contribution in [2.45, 2.75) is 6.54 Å². The van der Waals surface area contributed by atoms with Crippen LogP contribution in [0.25, 0.3) is 11.0 Å². The molecule has 2 heterocycles. The van der Waals surface area contributed by atoms with Gasteiger partial charge in [-0.15, -0.1) is 0 Å². The monoisotopic (exact) mass is 375 g/mol. The quantitative estimate of drug-likeness (QED) is 0.683. The zero-order valence-corrected chi connectivity index (χ0v) is 14.7. The Labute approximate surface area is 153 Å². The average molecular weight is 376 g/mol. The molecule has 134 valence electrons. The second-order valence-corrected chi connectivity index (χ2v) is 5.64. The van der Waals surface area contributed by atoms with E-state index < -0.39 is 11.9 Å². The predicted molar refractivity (Wildman–Crippen MR) is 92.3 cm³/mol. The molecule has 0 radical (unpaired) electrons. The molecule has 0 fully saturated rings. The van der Waals surface area contributed by atoms with E-state index in [0.29, 0.717) is 21.8 Å². The molecule has 0 unspecified atom stereocenters. The van der Waals surface area contributed by atoms with Crippen molar-refractivity contribution in [3.05, 3.63) is 52.6 Å². The van der Waals surface area contributed by atoms with Crippen LogP contribution in [0.4, 0.5) is 0 Å². The van der Waals surface area contributed by atoms with Gasteiger partial charge in [0.2, 0.25) is 5.88 Å². The van der Waals surface area contributed by atoms with Crippen molar-refractivity contribution in [2.24, 2.45) is 0 Å². The Morgan fingerprint density at radius 2 is 2.04 bits per heavy atom. The minimum absolute atomic E-state index is 0.0879. The van der Waals surface area contributed by atoms with Crippen LogP contribution in [0.5, 0.6) is 5.88 Å². The lowest BCUT2D eigenvalue weighted by Gasteiger charge is -2.04. The molecule has 9 heteroatoms. The summed E-state index contributed by atoms with van der Waals surface area (Å²) in [6, 6.07) is 4.81. The van der Waals surface area contributed by atoms with Crippen molar-refractivity contribution in [3.8, 4) is 5.88 Å². The molecule has 26 heavy (non-hydrogen) atoms. The second kappa shape index (κ2) is 7.40. The fourth-order valence-electron chi connectivity index (χ4n) is 2.33. The number of benzene rings is 1. The minimum atomic E-state index is -0.561. The maximum absolute atomic E-state index is 12.2. The van der Waals surface area contributed by atoms with Gasteiger partial charge in [0.25, 0.3) is 5.91 Å². The third kappa shape index (κ3) is 3.60. The van der Waals surface area contributed by atoms with Gasteiger partial charge in [0.05, 0.1) is 33.2 Å². The molecule has 0 aliphatic carbocycles. The van der Waals surface area contributed by atoms with Gasteiger partial charge in [-0.25, -0.2) is 9.78 Å². The highest BCUT2D eigenvalue weighted by Gasteiger charge is 2.17. The van der Waals surface area contributed by atoms with Gasteiger partial charge in [0.1, 0.15) is 22.6 Å². The SMILES string of the molecule is COC(=O)c1cc(Cl)cc2cc(CNC(=O)c3cncc(OC)n3)oc12. The molecule has 0 atom stereocenters. The number of nitrogens with zero attached hydrogens (tertiary/aromatic N) is 2. The van der Waals surface area contributed by atoms with Gasteiger partial charge in [-0.2, -0.15) is 0 Å². The highest BCUT2D eigenvalue weighted by atomic mass is 35.5. The summed E-state index contributed by atoms with van der Waals surface area (Å²) in [7, 11) is 2.71. The Morgan fingerprint density at radius 3 is 2.77 bits per heavy atom. The van der Waals surface area contributed by atoms with Crippen LogP contribution in [0, 0.1) is 0 Å². The van der Waals surface area contributed by atoms with E-state index >= 15 is 0 Å². The molecule has 0 saturated heterocycles. The van der Waals surface area contributed by atoms with Crippen LogP contribution in [-0.2, 0) is 11.3 Å². The van der Waals surface area contributed by atoms with Crippen molar-refractivity contribution in [1.29, 1.82) is 0 Å². The molecule has 1 N–H and O–H groups in total. The first-order valence-corrected chi connectivity index (χ1v) is 7.84. The van der Waals surface area contributed by atoms with E-state index in [1.807, 2.05) is 0 Å². The molecule has 1 aromatic carbocycles. The third-order valence-electron chi connectivity index (χ3n) is 3.51. The molecule has 0 bridgehead atoms. The number of fused-ring (bicyclic) bond motifs is 1. The second-order valence-electron chi connectivity index (χ2n) is 5.21. The van der Waals surface area contributed by atoms with Gasteiger partial charge in [0, 0.05) is 10.4 Å². The number of methoxy groups -OCH3 is 2. The summed E-state index contributed by atoms with van der Waals surface area (Å²) in [5.74, 6) is -0.326. The Balaban J connectivity index is 1.81. The maximum Gasteiger partial charge on any atom is 0.341 e. The molecule has 0 spiro atoms. The first-order valence-electron chi connectivity index (χ1n) is 7.46. The van der Waals surface area contributed by atoms with E-state index in [1.54, 1.807) is 12.1 Å². The number of nitrogens with one attached hydrogen (secondary N) is 1. The molecular formula is C17H14ClN3O5. The first-order chi connectivity index (χ1) is 12.5. The molecule has 8 nitrogen and oxygen atoms in total. The Hall–Kier alpha value is -3.13. The lowest BCUT2D eigenvalue weighted by molar-refractivity contribution is 0.0601. The van der Waals surface area contributed by atoms with Crippen molar-refractivity contribution in [2.75, 3.05) is 14.2 Å². The zero-order valence-electron chi connectivity index (χ0n) is 13.9. The molecule has 0 aliphatic heterocycles. The third-order valence-corrected chi connectivity index (χ3v) is 3.73. The van der Waals surface area contributed by atoms with Crippen molar-refractivity contribution >= 4 is 34.4 Å². The lowest BCUT2D eigenvalue weighted by atomic mass is 10.1. The number of esters is 1. The number of ether oxygens (including phenoxy) is 2. The zero-order chi connectivity index (χ0) is 18.7. The average Bonchev–Trinajstić information content (AvgIpc) is 3.07. The summed E-state index contributed by atoms with van der Waals surface area (Å²) >= 11 is 6.02. The van der Waals surface area contributed by atoms with Gasteiger partial charge in [0.15, 0.2) is 0 Å². The highest BCUT2D eigenvalue weighted by molar-refractivity contribution is 6.32. The first kappa shape index (κ1) is 17.7. The summed E-state index contributed by atoms with van der Waals surface area (Å²) in [5, 5.41) is 3.67. The van der Waals surface area contributed by atoms with Gasteiger partial charge in [-0.1, -0.05) is 11.6 Å². The normalized spacial score (nSPS) is 10.6. The van der Waals surface area contributed by atoms with Gasteiger partial charge in [-0.05, 0) is 18.2 Å². The number of aromatic nitrogens is 2. The molecule has 3 aromatic rings. The number of halogens is 1. The van der Waals surface area contributed by atoms with Crippen molar-refractivity contribution in [3.63, 3.8) is 0 Å². The van der Waals surface area contributed by atoms with E-state index in [-0.39, 0.29) is 23.7 Å². The standard InChI is InChI=1S/C17H14ClN3O5/c1-24-14-8-19-7-13(21-14)16(22)20-6-11-4-9-3-10(18)5-12(15(9)26-11)17(23)25-2/h3-5,7-8H,6H2,1-2H3,(H,20,22). The van der Waals surface area contributed by atoms with Crippen LogP contribution in [0.1, 0.15) is 26.6 Å². The van der Waals surface area contributed by atoms with E-state index in [1.165, 1.54) is 32.7 Å². The summed E-state index contributed by atoms with van der Waals surface area (Å²) in [6.07, 6.45) is 2.72. The molecule has 3 rings (SSSR count). The number of amides is 1. The van der Waals surface area contributed by atoms with E-state index in [4.69, 9.17) is 25.5 Å². The van der Waals surface area contributed by atoms with E-state index in [0.717, 1.165) is 0 Å². The number of rotatable bonds is 5. The summed E-state index contributed by atoms with van der Waals surface area (Å²) in [4.78, 5) is 31.9. The number of hydrogen-bond acceptors (Lipinski definition) is 7. The van der Waals surface area contributed by atoms with Crippen LogP contribution < -0.4 is 10.1 Å². The van der Waals surface area contributed by atoms with Crippen LogP contribution in [0.15, 0.2) is 35.0 Å². The number of carbonyl (C=O) groups is 2. The summed E-state index contributed by atoms with van der Waals surface area (Å²) in [5.41, 5.74) is 0.664. The van der Waals surface area contributed by atoms with Crippen LogP contribution in [0.2, 0.25) is 5.02 Å². The molecule has 2 aromatic heterocycles. The minimum Gasteiger partial charge on any atom is -0.480 e. The summed E-state index contributed by atoms with van der Waals surface area (Å²) in [6.45, 7) is 0.0879. The summed E-state index contributed by atoms with van der Waals surface area (Å²) < 4.78 is 15.3. The molecular weight excluding hydrogens is 362 g/mol. The lowest BCUT2D eigenvalue weighted by Crippen LogP contribution is -2.23. The number of furan rings is 1. The van der Waals surface area contributed by atoms with Gasteiger partial charge < -0.3 is 19.2 Å². The number of carbonyl (C=O) groups excluding carboxylic acids is 2. The Bertz CT molecular complexity index is 986. The Morgan fingerprint density at radius 1 is 1.23 bits per heavy atom. The molecule has 0 saturated carbocycles. The molecule has 1 amide bonds. The smallest absolute Gasteiger partial charge is 0.341 e. The fraction of sp³-hybridized carbons (Fsp3) is 0.176. The largest absolute Gasteiger partial charge is 0.480 e. The van der Waals surface area contributed by atoms with Gasteiger partial charge >= 0.3 is 5.97 Å². The number of hydrogen-bond donors (Lipinski definition) is 1. The van der Waals surface area contributed by atoms with Crippen LogP contribution in [0.3, 0.4) is 0 Å². The molecule has 0 aliphatic rings.